The highest BCUT2D eigenvalue weighted by atomic mass is 35.5. The summed E-state index contributed by atoms with van der Waals surface area (Å²) < 4.78 is 0. The van der Waals surface area contributed by atoms with Gasteiger partial charge in [-0.05, 0) is 30.3 Å². The van der Waals surface area contributed by atoms with E-state index in [0.29, 0.717) is 26.6 Å². The summed E-state index contributed by atoms with van der Waals surface area (Å²) in [5, 5.41) is 15.0. The second-order valence-electron chi connectivity index (χ2n) is 5.89. The lowest BCUT2D eigenvalue weighted by Gasteiger charge is -2.10. The number of phenolic OH excluding ortho intramolecular Hbond substituents is 1. The van der Waals surface area contributed by atoms with Crippen molar-refractivity contribution >= 4 is 51.2 Å². The van der Waals surface area contributed by atoms with Crippen molar-refractivity contribution in [1.29, 1.82) is 0 Å². The van der Waals surface area contributed by atoms with Crippen LogP contribution in [-0.4, -0.2) is 31.7 Å². The van der Waals surface area contributed by atoms with Gasteiger partial charge in [0.25, 0.3) is 0 Å². The summed E-state index contributed by atoms with van der Waals surface area (Å²) in [6.45, 7) is 0.164. The van der Waals surface area contributed by atoms with Crippen LogP contribution in [0.3, 0.4) is 0 Å². The maximum absolute atomic E-state index is 12.2. The van der Waals surface area contributed by atoms with E-state index in [1.54, 1.807) is 24.4 Å². The van der Waals surface area contributed by atoms with E-state index < -0.39 is 0 Å². The van der Waals surface area contributed by atoms with E-state index in [0.717, 1.165) is 11.0 Å². The van der Waals surface area contributed by atoms with Gasteiger partial charge in [0.1, 0.15) is 11.3 Å². The first-order chi connectivity index (χ1) is 13.1. The minimum Gasteiger partial charge on any atom is -0.505 e. The zero-order chi connectivity index (χ0) is 18.8. The van der Waals surface area contributed by atoms with Crippen LogP contribution in [0, 0.1) is 0 Å². The van der Waals surface area contributed by atoms with Crippen molar-refractivity contribution in [2.45, 2.75) is 11.7 Å². The van der Waals surface area contributed by atoms with Gasteiger partial charge in [0.2, 0.25) is 5.91 Å². The van der Waals surface area contributed by atoms with Crippen molar-refractivity contribution < 1.29 is 9.90 Å². The Bertz CT molecular complexity index is 1110. The number of pyridine rings is 1. The second-order valence-corrected chi connectivity index (χ2v) is 7.26. The molecule has 0 unspecified atom stereocenters. The van der Waals surface area contributed by atoms with Gasteiger partial charge >= 0.3 is 0 Å². The number of para-hydroxylation sites is 2. The fourth-order valence-corrected chi connectivity index (χ4v) is 3.75. The summed E-state index contributed by atoms with van der Waals surface area (Å²) in [7, 11) is 0. The Labute approximate surface area is 164 Å². The molecule has 0 saturated heterocycles. The Morgan fingerprint density at radius 3 is 2.96 bits per heavy atom. The average Bonchev–Trinajstić information content (AvgIpc) is 3.11. The molecule has 0 spiro atoms. The zero-order valence-electron chi connectivity index (χ0n) is 14.1. The molecule has 0 fully saturated rings. The number of carbonyl (C=O) groups is 1. The third-order valence-corrected chi connectivity index (χ3v) is 5.26. The first-order valence-electron chi connectivity index (χ1n) is 8.21. The molecular formula is C19H15ClN4O2S. The molecule has 6 nitrogen and oxygen atoms in total. The Morgan fingerprint density at radius 2 is 2.11 bits per heavy atom. The summed E-state index contributed by atoms with van der Waals surface area (Å²) in [5.41, 5.74) is 2.74. The van der Waals surface area contributed by atoms with Gasteiger partial charge in [-0.1, -0.05) is 35.5 Å². The average molecular weight is 399 g/mol. The maximum atomic E-state index is 12.2. The Morgan fingerprint density at radius 1 is 1.26 bits per heavy atom. The highest BCUT2D eigenvalue weighted by molar-refractivity contribution is 7.99. The number of H-pyrrole nitrogens is 1. The molecule has 4 aromatic rings. The molecule has 0 bridgehead atoms. The number of thioether (sulfide) groups is 1. The van der Waals surface area contributed by atoms with E-state index in [-0.39, 0.29) is 24.0 Å². The van der Waals surface area contributed by atoms with Crippen molar-refractivity contribution in [2.75, 3.05) is 5.75 Å². The van der Waals surface area contributed by atoms with E-state index in [1.165, 1.54) is 11.8 Å². The Kier molecular flexibility index (Phi) is 4.87. The summed E-state index contributed by atoms with van der Waals surface area (Å²) in [6, 6.07) is 12.9. The van der Waals surface area contributed by atoms with Gasteiger partial charge in [-0.2, -0.15) is 0 Å². The van der Waals surface area contributed by atoms with Gasteiger partial charge in [0.05, 0.1) is 21.8 Å². The quantitative estimate of drug-likeness (QED) is 0.444. The molecule has 0 aliphatic heterocycles. The Balaban J connectivity index is 1.40. The molecule has 0 atom stereocenters. The van der Waals surface area contributed by atoms with Crippen molar-refractivity contribution in [3.63, 3.8) is 0 Å². The van der Waals surface area contributed by atoms with Crippen LogP contribution < -0.4 is 5.32 Å². The molecule has 0 aliphatic carbocycles. The first-order valence-corrected chi connectivity index (χ1v) is 9.57. The second kappa shape index (κ2) is 7.46. The molecule has 2 aromatic heterocycles. The van der Waals surface area contributed by atoms with Crippen molar-refractivity contribution in [3.8, 4) is 5.75 Å². The Hall–Kier alpha value is -2.77. The number of rotatable bonds is 5. The van der Waals surface area contributed by atoms with Gasteiger partial charge in [-0.25, -0.2) is 4.98 Å². The number of nitrogens with zero attached hydrogens (tertiary/aromatic N) is 2. The molecule has 27 heavy (non-hydrogen) atoms. The van der Waals surface area contributed by atoms with Gasteiger partial charge < -0.3 is 15.4 Å². The molecule has 8 heteroatoms. The van der Waals surface area contributed by atoms with Gasteiger partial charge in [0, 0.05) is 23.7 Å². The normalized spacial score (nSPS) is 11.1. The molecule has 0 saturated carbocycles. The third kappa shape index (κ3) is 3.70. The van der Waals surface area contributed by atoms with E-state index in [4.69, 9.17) is 11.6 Å². The number of fused-ring (bicyclic) bond motifs is 2. The number of hydrogen-bond acceptors (Lipinski definition) is 5. The number of aromatic hydroxyl groups is 1. The highest BCUT2D eigenvalue weighted by Gasteiger charge is 2.13. The van der Waals surface area contributed by atoms with Crippen LogP contribution in [0.1, 0.15) is 5.56 Å². The number of hydrogen-bond donors (Lipinski definition) is 3. The first kappa shape index (κ1) is 17.6. The number of aromatic nitrogens is 3. The van der Waals surface area contributed by atoms with Crippen LogP contribution in [-0.2, 0) is 11.3 Å². The van der Waals surface area contributed by atoms with Crippen LogP contribution >= 0.6 is 23.4 Å². The minimum atomic E-state index is -0.169. The number of benzene rings is 2. The predicted molar refractivity (Wildman–Crippen MR) is 107 cm³/mol. The van der Waals surface area contributed by atoms with E-state index in [9.17, 15) is 9.90 Å². The standard InChI is InChI=1S/C19H15ClN4O2S/c20-13-8-11(18(26)17-12(13)4-3-7-21-17)9-22-16(25)10-27-19-23-14-5-1-2-6-15(14)24-19/h1-8,26H,9-10H2,(H,22,25)(H,23,24). The lowest BCUT2D eigenvalue weighted by Crippen LogP contribution is -2.24. The molecule has 2 heterocycles. The van der Waals surface area contributed by atoms with Crippen LogP contribution in [0.5, 0.6) is 5.75 Å². The SMILES string of the molecule is O=C(CSc1nc2ccccc2[nH]1)NCc1cc(Cl)c2cccnc2c1O. The van der Waals surface area contributed by atoms with Gasteiger partial charge in [-0.15, -0.1) is 0 Å². The molecular weight excluding hydrogens is 384 g/mol. The smallest absolute Gasteiger partial charge is 0.230 e. The summed E-state index contributed by atoms with van der Waals surface area (Å²) in [5.74, 6) is 0.0671. The van der Waals surface area contributed by atoms with Crippen LogP contribution in [0.15, 0.2) is 53.8 Å². The number of nitrogens with one attached hydrogen (secondary N) is 2. The van der Waals surface area contributed by atoms with Crippen LogP contribution in [0.2, 0.25) is 5.02 Å². The van der Waals surface area contributed by atoms with Crippen molar-refractivity contribution in [2.24, 2.45) is 0 Å². The highest BCUT2D eigenvalue weighted by Crippen LogP contribution is 2.32. The lowest BCUT2D eigenvalue weighted by atomic mass is 10.1. The number of phenols is 1. The van der Waals surface area contributed by atoms with E-state index in [1.807, 2.05) is 24.3 Å². The number of carbonyl (C=O) groups excluding carboxylic acids is 1. The van der Waals surface area contributed by atoms with Crippen LogP contribution in [0.4, 0.5) is 0 Å². The summed E-state index contributed by atoms with van der Waals surface area (Å²) in [6.07, 6.45) is 1.59. The van der Waals surface area contributed by atoms with Gasteiger partial charge in [0.15, 0.2) is 5.16 Å². The zero-order valence-corrected chi connectivity index (χ0v) is 15.6. The number of imidazole rings is 1. The number of amides is 1. The number of halogens is 1. The predicted octanol–water partition coefficient (Wildman–Crippen LogP) is 3.88. The molecule has 4 rings (SSSR count). The molecule has 2 aromatic carbocycles. The van der Waals surface area contributed by atoms with E-state index in [2.05, 4.69) is 20.3 Å². The maximum Gasteiger partial charge on any atom is 0.230 e. The molecule has 3 N–H and O–H groups in total. The topological polar surface area (TPSA) is 90.9 Å². The lowest BCUT2D eigenvalue weighted by molar-refractivity contribution is -0.118. The van der Waals surface area contributed by atoms with Gasteiger partial charge in [-0.3, -0.25) is 9.78 Å². The number of aromatic amines is 1. The molecule has 0 aliphatic rings. The summed E-state index contributed by atoms with van der Waals surface area (Å²) in [4.78, 5) is 23.9. The van der Waals surface area contributed by atoms with Crippen molar-refractivity contribution in [3.05, 3.63) is 59.2 Å². The molecule has 1 amide bonds. The largest absolute Gasteiger partial charge is 0.505 e. The van der Waals surface area contributed by atoms with Crippen molar-refractivity contribution in [1.82, 2.24) is 20.3 Å². The molecule has 0 radical (unpaired) electrons. The summed E-state index contributed by atoms with van der Waals surface area (Å²) >= 11 is 7.57. The third-order valence-electron chi connectivity index (χ3n) is 4.08. The fraction of sp³-hybridized carbons (Fsp3) is 0.105. The monoisotopic (exact) mass is 398 g/mol. The van der Waals surface area contributed by atoms with Crippen LogP contribution in [0.25, 0.3) is 21.9 Å². The fourth-order valence-electron chi connectivity index (χ4n) is 2.75. The van der Waals surface area contributed by atoms with E-state index >= 15 is 0 Å². The minimum absolute atomic E-state index is 0.0280. The molecule has 136 valence electrons.